The molecule has 1 aliphatic heterocycles. The summed E-state index contributed by atoms with van der Waals surface area (Å²) in [6, 6.07) is 4.09. The third kappa shape index (κ3) is 3.34. The number of rotatable bonds is 3. The highest BCUT2D eigenvalue weighted by Gasteiger charge is 2.17. The molecule has 0 atom stereocenters. The molecule has 90 valence electrons. The number of nitrogens with zero attached hydrogens (tertiary/aromatic N) is 4. The first-order chi connectivity index (χ1) is 8.29. The predicted octanol–water partition coefficient (Wildman–Crippen LogP) is 2.33. The van der Waals surface area contributed by atoms with Crippen molar-refractivity contribution < 1.29 is 0 Å². The molecule has 17 heavy (non-hydrogen) atoms. The maximum Gasteiger partial charge on any atom is 0.133 e. The van der Waals surface area contributed by atoms with E-state index in [-0.39, 0.29) is 0 Å². The van der Waals surface area contributed by atoms with Crippen molar-refractivity contribution in [2.45, 2.75) is 24.8 Å². The summed E-state index contributed by atoms with van der Waals surface area (Å²) in [6.07, 6.45) is 4.04. The highest BCUT2D eigenvalue weighted by Crippen LogP contribution is 2.23. The molecule has 5 heteroatoms. The second kappa shape index (κ2) is 5.87. The quantitative estimate of drug-likeness (QED) is 0.607. The van der Waals surface area contributed by atoms with Gasteiger partial charge in [-0.15, -0.1) is 0 Å². The van der Waals surface area contributed by atoms with E-state index in [9.17, 15) is 0 Å². The van der Waals surface area contributed by atoms with E-state index in [1.807, 2.05) is 6.07 Å². The summed E-state index contributed by atoms with van der Waals surface area (Å²) in [5.41, 5.74) is 0. The van der Waals surface area contributed by atoms with Gasteiger partial charge in [-0.2, -0.15) is 5.26 Å². The second-order valence-electron chi connectivity index (χ2n) is 4.33. The Morgan fingerprint density at radius 3 is 2.94 bits per heavy atom. The zero-order chi connectivity index (χ0) is 12.1. The fourth-order valence-electron chi connectivity index (χ4n) is 1.93. The molecule has 0 spiro atoms. The highest BCUT2D eigenvalue weighted by molar-refractivity contribution is 7.99. The third-order valence-corrected chi connectivity index (χ3v) is 3.81. The van der Waals surface area contributed by atoms with Gasteiger partial charge in [0.25, 0.3) is 0 Å². The molecule has 2 heterocycles. The Bertz CT molecular complexity index is 407. The Kier molecular flexibility index (Phi) is 4.21. The van der Waals surface area contributed by atoms with Gasteiger partial charge in [-0.25, -0.2) is 9.97 Å². The van der Waals surface area contributed by atoms with Gasteiger partial charge in [0.05, 0.1) is 11.8 Å². The normalized spacial score (nSPS) is 16.8. The molecule has 0 N–H and O–H groups in total. The van der Waals surface area contributed by atoms with Gasteiger partial charge in [0.2, 0.25) is 0 Å². The van der Waals surface area contributed by atoms with Gasteiger partial charge in [0.1, 0.15) is 17.2 Å². The van der Waals surface area contributed by atoms with E-state index >= 15 is 0 Å². The molecule has 0 aromatic carbocycles. The van der Waals surface area contributed by atoms with Gasteiger partial charge in [0, 0.05) is 19.2 Å². The van der Waals surface area contributed by atoms with E-state index in [4.69, 9.17) is 5.26 Å². The lowest BCUT2D eigenvalue weighted by Crippen LogP contribution is -2.33. The number of nitriles is 1. The minimum Gasteiger partial charge on any atom is -0.356 e. The van der Waals surface area contributed by atoms with Crippen LogP contribution in [0.1, 0.15) is 19.8 Å². The minimum atomic E-state index is 0.438. The van der Waals surface area contributed by atoms with E-state index < -0.39 is 0 Å². The van der Waals surface area contributed by atoms with Crippen molar-refractivity contribution in [2.24, 2.45) is 5.92 Å². The molecule has 1 fully saturated rings. The van der Waals surface area contributed by atoms with E-state index in [1.165, 1.54) is 24.6 Å². The monoisotopic (exact) mass is 248 g/mol. The Labute approximate surface area is 106 Å². The van der Waals surface area contributed by atoms with E-state index in [2.05, 4.69) is 27.9 Å². The lowest BCUT2D eigenvalue weighted by Gasteiger charge is -2.31. The summed E-state index contributed by atoms with van der Waals surface area (Å²) in [5.74, 6) is 2.25. The first kappa shape index (κ1) is 12.2. The Hall–Kier alpha value is -1.28. The second-order valence-corrected chi connectivity index (χ2v) is 5.33. The molecule has 1 aromatic rings. The summed E-state index contributed by atoms with van der Waals surface area (Å²) in [6.45, 7) is 4.44. The smallest absolute Gasteiger partial charge is 0.133 e. The molecular formula is C12H16N4S. The van der Waals surface area contributed by atoms with Crippen molar-refractivity contribution in [3.05, 3.63) is 12.4 Å². The SMILES string of the molecule is CC1CCN(c2cc(SCC#N)ncn2)CC1. The average molecular weight is 248 g/mol. The fraction of sp³-hybridized carbons (Fsp3) is 0.583. The number of hydrogen-bond donors (Lipinski definition) is 0. The molecular weight excluding hydrogens is 232 g/mol. The average Bonchev–Trinajstić information content (AvgIpc) is 2.37. The van der Waals surface area contributed by atoms with Gasteiger partial charge in [-0.05, 0) is 18.8 Å². The summed E-state index contributed by atoms with van der Waals surface area (Å²) in [7, 11) is 0. The molecule has 2 rings (SSSR count). The maximum atomic E-state index is 8.55. The first-order valence-corrected chi connectivity index (χ1v) is 6.85. The molecule has 0 amide bonds. The van der Waals surface area contributed by atoms with Gasteiger partial charge in [-0.1, -0.05) is 18.7 Å². The lowest BCUT2D eigenvalue weighted by atomic mass is 9.99. The van der Waals surface area contributed by atoms with Gasteiger partial charge >= 0.3 is 0 Å². The molecule has 1 aromatic heterocycles. The van der Waals surface area contributed by atoms with E-state index in [0.29, 0.717) is 5.75 Å². The van der Waals surface area contributed by atoms with Gasteiger partial charge in [0.15, 0.2) is 0 Å². The van der Waals surface area contributed by atoms with Crippen LogP contribution in [0, 0.1) is 17.2 Å². The molecule has 4 nitrogen and oxygen atoms in total. The zero-order valence-corrected chi connectivity index (χ0v) is 10.8. The Balaban J connectivity index is 2.03. The largest absolute Gasteiger partial charge is 0.356 e. The third-order valence-electron chi connectivity index (χ3n) is 3.02. The number of hydrogen-bond acceptors (Lipinski definition) is 5. The molecule has 0 bridgehead atoms. The van der Waals surface area contributed by atoms with Crippen molar-refractivity contribution in [1.29, 1.82) is 5.26 Å². The van der Waals surface area contributed by atoms with Crippen LogP contribution in [0.2, 0.25) is 0 Å². The number of aromatic nitrogens is 2. The Morgan fingerprint density at radius 2 is 2.24 bits per heavy atom. The van der Waals surface area contributed by atoms with Crippen LogP contribution < -0.4 is 4.90 Å². The van der Waals surface area contributed by atoms with Crippen LogP contribution in [-0.4, -0.2) is 28.8 Å². The van der Waals surface area contributed by atoms with Crippen molar-refractivity contribution in [2.75, 3.05) is 23.7 Å². The van der Waals surface area contributed by atoms with Crippen LogP contribution in [0.15, 0.2) is 17.4 Å². The molecule has 0 unspecified atom stereocenters. The van der Waals surface area contributed by atoms with E-state index in [1.54, 1.807) is 6.33 Å². The topological polar surface area (TPSA) is 52.8 Å². The lowest BCUT2D eigenvalue weighted by molar-refractivity contribution is 0.436. The number of piperidine rings is 1. The Morgan fingerprint density at radius 1 is 1.47 bits per heavy atom. The van der Waals surface area contributed by atoms with Crippen molar-refractivity contribution in [3.8, 4) is 6.07 Å². The van der Waals surface area contributed by atoms with Crippen molar-refractivity contribution >= 4 is 17.6 Å². The fourth-order valence-corrected chi connectivity index (χ4v) is 2.45. The number of anilines is 1. The van der Waals surface area contributed by atoms with Crippen molar-refractivity contribution in [3.63, 3.8) is 0 Å². The minimum absolute atomic E-state index is 0.438. The zero-order valence-electron chi connectivity index (χ0n) is 9.96. The van der Waals surface area contributed by atoms with E-state index in [0.717, 1.165) is 29.9 Å². The summed E-state index contributed by atoms with van der Waals surface area (Å²) in [5, 5.41) is 9.43. The molecule has 1 aliphatic rings. The molecule has 0 saturated carbocycles. The van der Waals surface area contributed by atoms with Crippen molar-refractivity contribution in [1.82, 2.24) is 9.97 Å². The van der Waals surface area contributed by atoms with Crippen LogP contribution in [0.4, 0.5) is 5.82 Å². The van der Waals surface area contributed by atoms with Crippen LogP contribution in [0.25, 0.3) is 0 Å². The highest BCUT2D eigenvalue weighted by atomic mass is 32.2. The summed E-state index contributed by atoms with van der Waals surface area (Å²) < 4.78 is 0. The number of thioether (sulfide) groups is 1. The molecule has 1 saturated heterocycles. The standard InChI is InChI=1S/C12H16N4S/c1-10-2-5-16(6-3-10)11-8-12(15-9-14-11)17-7-4-13/h8-10H,2-3,5-7H2,1H3. The summed E-state index contributed by atoms with van der Waals surface area (Å²) in [4.78, 5) is 10.8. The van der Waals surface area contributed by atoms with Crippen LogP contribution in [0.5, 0.6) is 0 Å². The first-order valence-electron chi connectivity index (χ1n) is 5.86. The van der Waals surface area contributed by atoms with Crippen LogP contribution >= 0.6 is 11.8 Å². The van der Waals surface area contributed by atoms with Crippen LogP contribution in [-0.2, 0) is 0 Å². The van der Waals surface area contributed by atoms with Crippen LogP contribution in [0.3, 0.4) is 0 Å². The molecule has 0 aliphatic carbocycles. The maximum absolute atomic E-state index is 8.55. The van der Waals surface area contributed by atoms with Gasteiger partial charge in [-0.3, -0.25) is 0 Å². The predicted molar refractivity (Wildman–Crippen MR) is 69.0 cm³/mol. The van der Waals surface area contributed by atoms with Gasteiger partial charge < -0.3 is 4.90 Å². The molecule has 0 radical (unpaired) electrons. The summed E-state index contributed by atoms with van der Waals surface area (Å²) >= 11 is 1.46.